The summed E-state index contributed by atoms with van der Waals surface area (Å²) in [5.41, 5.74) is 14.6. The fourth-order valence-corrected chi connectivity index (χ4v) is 9.54. The topological polar surface area (TPSA) is 16.4 Å². The molecule has 3 heteroatoms. The van der Waals surface area contributed by atoms with E-state index >= 15 is 0 Å². The zero-order chi connectivity index (χ0) is 37.7. The van der Waals surface area contributed by atoms with E-state index in [0.29, 0.717) is 0 Å². The summed E-state index contributed by atoms with van der Waals surface area (Å²) >= 11 is 1.84. The van der Waals surface area contributed by atoms with Crippen LogP contribution in [0.1, 0.15) is 0 Å². The van der Waals surface area contributed by atoms with Crippen LogP contribution in [0.2, 0.25) is 0 Å². The minimum absolute atomic E-state index is 0.914. The Morgan fingerprint density at radius 3 is 1.60 bits per heavy atom. The first kappa shape index (κ1) is 33.2. The van der Waals surface area contributed by atoms with Gasteiger partial charge >= 0.3 is 0 Å². The van der Waals surface area contributed by atoms with E-state index in [9.17, 15) is 0 Å². The van der Waals surface area contributed by atoms with Gasteiger partial charge in [0.25, 0.3) is 0 Å². The van der Waals surface area contributed by atoms with Gasteiger partial charge in [-0.2, -0.15) is 0 Å². The third kappa shape index (κ3) is 5.88. The third-order valence-corrected chi connectivity index (χ3v) is 12.2. The summed E-state index contributed by atoms with van der Waals surface area (Å²) in [7, 11) is 0. The van der Waals surface area contributed by atoms with Gasteiger partial charge in [-0.15, -0.1) is 11.3 Å². The standard InChI is InChI=1S/C54H35NOS/c1-4-15-36(16-5-1)40-21-14-22-44(32-40)55(45-33-41(37-17-6-2-7-18-37)31-42(34-45)38-19-8-3-9-20-38)43-29-27-39(28-30-43)48-35-49-46-23-10-12-25-50(46)56-53(49)52-47-24-11-13-26-51(47)57-54(48)52/h1-35H. The number of nitrogens with zero attached hydrogens (tertiary/aromatic N) is 1. The lowest BCUT2D eigenvalue weighted by Gasteiger charge is -2.27. The molecular weight excluding hydrogens is 711 g/mol. The van der Waals surface area contributed by atoms with Gasteiger partial charge in [0.1, 0.15) is 11.2 Å². The molecular formula is C54H35NOS. The maximum absolute atomic E-state index is 6.60. The number of fused-ring (bicyclic) bond motifs is 7. The molecule has 11 aromatic rings. The van der Waals surface area contributed by atoms with Gasteiger partial charge in [0.05, 0.1) is 0 Å². The molecule has 57 heavy (non-hydrogen) atoms. The van der Waals surface area contributed by atoms with Crippen LogP contribution in [0.4, 0.5) is 17.1 Å². The minimum atomic E-state index is 0.914. The SMILES string of the molecule is c1ccc(-c2cccc(N(c3ccc(-c4cc5c6ccccc6oc5c5c4sc4ccccc45)cc3)c3cc(-c4ccccc4)cc(-c4ccccc4)c3)c2)cc1. The lowest BCUT2D eigenvalue weighted by atomic mass is 9.96. The molecule has 2 nitrogen and oxygen atoms in total. The molecule has 0 saturated heterocycles. The molecule has 0 saturated carbocycles. The summed E-state index contributed by atoms with van der Waals surface area (Å²) in [6.07, 6.45) is 0. The zero-order valence-corrected chi connectivity index (χ0v) is 31.8. The minimum Gasteiger partial charge on any atom is -0.455 e. The molecule has 0 aliphatic heterocycles. The Kier molecular flexibility index (Phi) is 8.04. The van der Waals surface area contributed by atoms with Crippen molar-refractivity contribution < 1.29 is 4.42 Å². The predicted molar refractivity (Wildman–Crippen MR) is 243 cm³/mol. The van der Waals surface area contributed by atoms with Crippen LogP contribution < -0.4 is 4.90 Å². The Bertz CT molecular complexity index is 3160. The summed E-state index contributed by atoms with van der Waals surface area (Å²) in [5.74, 6) is 0. The lowest BCUT2D eigenvalue weighted by molar-refractivity contribution is 0.673. The number of benzene rings is 9. The van der Waals surface area contributed by atoms with Crippen LogP contribution in [-0.4, -0.2) is 0 Å². The molecule has 2 heterocycles. The average molecular weight is 746 g/mol. The molecule has 268 valence electrons. The molecule has 11 rings (SSSR count). The number of anilines is 3. The third-order valence-electron chi connectivity index (χ3n) is 11.0. The fraction of sp³-hybridized carbons (Fsp3) is 0. The summed E-state index contributed by atoms with van der Waals surface area (Å²) in [6, 6.07) is 76.4. The number of para-hydroxylation sites is 1. The van der Waals surface area contributed by atoms with Crippen LogP contribution in [0.15, 0.2) is 217 Å². The average Bonchev–Trinajstić information content (AvgIpc) is 3.86. The van der Waals surface area contributed by atoms with Crippen molar-refractivity contribution in [2.24, 2.45) is 0 Å². The molecule has 2 aromatic heterocycles. The monoisotopic (exact) mass is 745 g/mol. The van der Waals surface area contributed by atoms with E-state index in [-0.39, 0.29) is 0 Å². The number of rotatable bonds is 7. The van der Waals surface area contributed by atoms with Gasteiger partial charge in [-0.05, 0) is 99.6 Å². The summed E-state index contributed by atoms with van der Waals surface area (Å²) in [4.78, 5) is 2.40. The Hall–Kier alpha value is -7.20. The first-order valence-electron chi connectivity index (χ1n) is 19.3. The largest absolute Gasteiger partial charge is 0.455 e. The molecule has 0 atom stereocenters. The van der Waals surface area contributed by atoms with Crippen molar-refractivity contribution in [3.63, 3.8) is 0 Å². The van der Waals surface area contributed by atoms with Crippen molar-refractivity contribution in [3.05, 3.63) is 212 Å². The van der Waals surface area contributed by atoms with Crippen LogP contribution in [0.3, 0.4) is 0 Å². The van der Waals surface area contributed by atoms with Crippen LogP contribution in [0.25, 0.3) is 86.6 Å². The number of thiophene rings is 1. The molecule has 0 spiro atoms. The summed E-state index contributed by atoms with van der Waals surface area (Å²) < 4.78 is 9.10. The van der Waals surface area contributed by atoms with Gasteiger partial charge in [0.15, 0.2) is 0 Å². The maximum Gasteiger partial charge on any atom is 0.144 e. The first-order chi connectivity index (χ1) is 28.2. The highest BCUT2D eigenvalue weighted by Gasteiger charge is 2.21. The summed E-state index contributed by atoms with van der Waals surface area (Å²) in [5, 5.41) is 4.71. The quantitative estimate of drug-likeness (QED) is 0.162. The molecule has 0 unspecified atom stereocenters. The fourth-order valence-electron chi connectivity index (χ4n) is 8.31. The molecule has 9 aromatic carbocycles. The Labute approximate surface area is 335 Å². The van der Waals surface area contributed by atoms with Crippen LogP contribution in [0.5, 0.6) is 0 Å². The van der Waals surface area contributed by atoms with Crippen molar-refractivity contribution in [1.29, 1.82) is 0 Å². The van der Waals surface area contributed by atoms with Gasteiger partial charge in [-0.25, -0.2) is 0 Å². The highest BCUT2D eigenvalue weighted by Crippen LogP contribution is 2.47. The Morgan fingerprint density at radius 1 is 0.351 bits per heavy atom. The lowest BCUT2D eigenvalue weighted by Crippen LogP contribution is -2.10. The highest BCUT2D eigenvalue weighted by molar-refractivity contribution is 7.26. The van der Waals surface area contributed by atoms with Crippen molar-refractivity contribution in [2.45, 2.75) is 0 Å². The van der Waals surface area contributed by atoms with Crippen molar-refractivity contribution in [3.8, 4) is 44.5 Å². The normalized spacial score (nSPS) is 11.5. The molecule has 0 N–H and O–H groups in total. The second-order valence-corrected chi connectivity index (χ2v) is 15.6. The van der Waals surface area contributed by atoms with Crippen LogP contribution >= 0.6 is 11.3 Å². The van der Waals surface area contributed by atoms with Crippen molar-refractivity contribution in [2.75, 3.05) is 4.90 Å². The molecule has 0 fully saturated rings. The van der Waals surface area contributed by atoms with Crippen LogP contribution in [-0.2, 0) is 0 Å². The molecule has 0 aliphatic rings. The Morgan fingerprint density at radius 2 is 0.912 bits per heavy atom. The van der Waals surface area contributed by atoms with E-state index < -0.39 is 0 Å². The van der Waals surface area contributed by atoms with E-state index in [1.54, 1.807) is 0 Å². The number of hydrogen-bond donors (Lipinski definition) is 0. The molecule has 0 amide bonds. The molecule has 0 radical (unpaired) electrons. The maximum atomic E-state index is 6.60. The van der Waals surface area contributed by atoms with Gasteiger partial charge < -0.3 is 9.32 Å². The zero-order valence-electron chi connectivity index (χ0n) is 31.0. The van der Waals surface area contributed by atoms with E-state index in [1.807, 2.05) is 17.4 Å². The second kappa shape index (κ2) is 13.8. The van der Waals surface area contributed by atoms with Crippen LogP contribution in [0, 0.1) is 0 Å². The first-order valence-corrected chi connectivity index (χ1v) is 20.1. The van der Waals surface area contributed by atoms with Gasteiger partial charge in [-0.3, -0.25) is 0 Å². The van der Waals surface area contributed by atoms with E-state index in [4.69, 9.17) is 4.42 Å². The summed E-state index contributed by atoms with van der Waals surface area (Å²) in [6.45, 7) is 0. The van der Waals surface area contributed by atoms with Gasteiger partial charge in [-0.1, -0.05) is 152 Å². The van der Waals surface area contributed by atoms with Crippen molar-refractivity contribution in [1.82, 2.24) is 0 Å². The molecule has 0 bridgehead atoms. The van der Waals surface area contributed by atoms with Gasteiger partial charge in [0.2, 0.25) is 0 Å². The smallest absolute Gasteiger partial charge is 0.144 e. The number of hydrogen-bond acceptors (Lipinski definition) is 3. The van der Waals surface area contributed by atoms with E-state index in [1.165, 1.54) is 64.7 Å². The number of furan rings is 1. The van der Waals surface area contributed by atoms with E-state index in [2.05, 4.69) is 211 Å². The van der Waals surface area contributed by atoms with E-state index in [0.717, 1.165) is 39.0 Å². The Balaban J connectivity index is 1.12. The van der Waals surface area contributed by atoms with Crippen molar-refractivity contribution >= 4 is 70.5 Å². The molecule has 0 aliphatic carbocycles. The second-order valence-electron chi connectivity index (χ2n) is 14.5. The van der Waals surface area contributed by atoms with Gasteiger partial charge in [0, 0.05) is 53.6 Å². The predicted octanol–water partition coefficient (Wildman–Crippen LogP) is 16.1. The highest BCUT2D eigenvalue weighted by atomic mass is 32.1.